The summed E-state index contributed by atoms with van der Waals surface area (Å²) in [6, 6.07) is 4.28. The van der Waals surface area contributed by atoms with Gasteiger partial charge in [0.05, 0.1) is 11.4 Å². The molecule has 0 spiro atoms. The molecule has 0 unspecified atom stereocenters. The maximum absolute atomic E-state index is 13.3. The molecule has 1 aromatic rings. The molecule has 1 saturated heterocycles. The third-order valence-electron chi connectivity index (χ3n) is 4.25. The molecule has 27 heavy (non-hydrogen) atoms. The number of sulfonamides is 1. The standard InChI is InChI=1S/C17H25FN4O4S/c1-3-19-17(24)13(2)20-16(23)12-21-7-9-22(10-8-21)27(25,26)15-6-4-5-14(18)11-15/h4-6,11,13H,3,7-10,12H2,1-2H3,(H,19,24)(H,20,23)/t13-/m1/s1. The zero-order chi connectivity index (χ0) is 20.0. The Kier molecular flexibility index (Phi) is 7.28. The maximum Gasteiger partial charge on any atom is 0.243 e. The Morgan fingerprint density at radius 3 is 2.48 bits per heavy atom. The van der Waals surface area contributed by atoms with Crippen molar-refractivity contribution in [3.05, 3.63) is 30.1 Å². The smallest absolute Gasteiger partial charge is 0.243 e. The van der Waals surface area contributed by atoms with Crippen LogP contribution in [-0.4, -0.2) is 74.7 Å². The first-order chi connectivity index (χ1) is 12.7. The average molecular weight is 400 g/mol. The Labute approximate surface area is 158 Å². The van der Waals surface area contributed by atoms with Gasteiger partial charge in [-0.05, 0) is 32.0 Å². The van der Waals surface area contributed by atoms with Gasteiger partial charge in [0.25, 0.3) is 0 Å². The van der Waals surface area contributed by atoms with Crippen molar-refractivity contribution in [2.45, 2.75) is 24.8 Å². The van der Waals surface area contributed by atoms with Crippen LogP contribution in [0.3, 0.4) is 0 Å². The number of hydrogen-bond acceptors (Lipinski definition) is 5. The molecule has 2 amide bonds. The van der Waals surface area contributed by atoms with Crippen LogP contribution in [0.5, 0.6) is 0 Å². The van der Waals surface area contributed by atoms with Crippen molar-refractivity contribution in [1.29, 1.82) is 0 Å². The number of halogens is 1. The Bertz CT molecular complexity index is 779. The third-order valence-corrected chi connectivity index (χ3v) is 6.15. The maximum atomic E-state index is 13.3. The second-order valence-corrected chi connectivity index (χ2v) is 8.26. The quantitative estimate of drug-likeness (QED) is 0.659. The van der Waals surface area contributed by atoms with Crippen LogP contribution in [0.2, 0.25) is 0 Å². The average Bonchev–Trinajstić information content (AvgIpc) is 2.62. The van der Waals surface area contributed by atoms with Crippen molar-refractivity contribution in [1.82, 2.24) is 19.8 Å². The van der Waals surface area contributed by atoms with Crippen LogP contribution in [0.25, 0.3) is 0 Å². The first-order valence-electron chi connectivity index (χ1n) is 8.79. The van der Waals surface area contributed by atoms with Crippen LogP contribution >= 0.6 is 0 Å². The van der Waals surface area contributed by atoms with Crippen molar-refractivity contribution in [2.75, 3.05) is 39.3 Å². The van der Waals surface area contributed by atoms with Crippen molar-refractivity contribution >= 4 is 21.8 Å². The Balaban J connectivity index is 1.86. The summed E-state index contributed by atoms with van der Waals surface area (Å²) in [4.78, 5) is 25.4. The SMILES string of the molecule is CCNC(=O)[C@@H](C)NC(=O)CN1CCN(S(=O)(=O)c2cccc(F)c2)CC1. The zero-order valence-corrected chi connectivity index (χ0v) is 16.3. The molecule has 0 bridgehead atoms. The Morgan fingerprint density at radius 1 is 1.22 bits per heavy atom. The minimum absolute atomic E-state index is 0.0792. The van der Waals surface area contributed by atoms with E-state index in [4.69, 9.17) is 0 Å². The lowest BCUT2D eigenvalue weighted by molar-refractivity contribution is -0.129. The fourth-order valence-corrected chi connectivity index (χ4v) is 4.24. The van der Waals surface area contributed by atoms with Crippen LogP contribution in [0.15, 0.2) is 29.2 Å². The molecule has 150 valence electrons. The molecular weight excluding hydrogens is 375 g/mol. The lowest BCUT2D eigenvalue weighted by Gasteiger charge is -2.33. The van der Waals surface area contributed by atoms with Gasteiger partial charge in [0.15, 0.2) is 0 Å². The topological polar surface area (TPSA) is 98.8 Å². The van der Waals surface area contributed by atoms with E-state index in [9.17, 15) is 22.4 Å². The molecule has 2 rings (SSSR count). The van der Waals surface area contributed by atoms with Gasteiger partial charge < -0.3 is 10.6 Å². The van der Waals surface area contributed by atoms with Crippen LogP contribution < -0.4 is 10.6 Å². The van der Waals surface area contributed by atoms with E-state index in [1.165, 1.54) is 22.5 Å². The van der Waals surface area contributed by atoms with Gasteiger partial charge in [-0.2, -0.15) is 4.31 Å². The number of likely N-dealkylation sites (N-methyl/N-ethyl adjacent to an activating group) is 1. The molecule has 8 nitrogen and oxygen atoms in total. The molecule has 1 aliphatic heterocycles. The molecular formula is C17H25FN4O4S. The largest absolute Gasteiger partial charge is 0.355 e. The van der Waals surface area contributed by atoms with Crippen molar-refractivity contribution in [3.8, 4) is 0 Å². The van der Waals surface area contributed by atoms with Crippen LogP contribution in [-0.2, 0) is 19.6 Å². The van der Waals surface area contributed by atoms with Gasteiger partial charge in [-0.25, -0.2) is 12.8 Å². The highest BCUT2D eigenvalue weighted by atomic mass is 32.2. The van der Waals surface area contributed by atoms with Gasteiger partial charge in [0.2, 0.25) is 21.8 Å². The molecule has 1 aromatic carbocycles. The molecule has 0 saturated carbocycles. The van der Waals surface area contributed by atoms with Crippen LogP contribution in [0.4, 0.5) is 4.39 Å². The minimum atomic E-state index is -3.76. The molecule has 0 radical (unpaired) electrons. The van der Waals surface area contributed by atoms with Crippen molar-refractivity contribution < 1.29 is 22.4 Å². The Morgan fingerprint density at radius 2 is 1.89 bits per heavy atom. The lowest BCUT2D eigenvalue weighted by atomic mass is 10.3. The monoisotopic (exact) mass is 400 g/mol. The zero-order valence-electron chi connectivity index (χ0n) is 15.4. The van der Waals surface area contributed by atoms with Gasteiger partial charge in [-0.15, -0.1) is 0 Å². The number of carbonyl (C=O) groups is 2. The van der Waals surface area contributed by atoms with Gasteiger partial charge in [-0.3, -0.25) is 14.5 Å². The van der Waals surface area contributed by atoms with Crippen molar-refractivity contribution in [2.24, 2.45) is 0 Å². The molecule has 1 atom stereocenters. The summed E-state index contributed by atoms with van der Waals surface area (Å²) in [6.07, 6.45) is 0. The summed E-state index contributed by atoms with van der Waals surface area (Å²) in [5, 5.41) is 5.25. The number of nitrogens with zero attached hydrogens (tertiary/aromatic N) is 2. The summed E-state index contributed by atoms with van der Waals surface area (Å²) >= 11 is 0. The molecule has 0 aliphatic carbocycles. The van der Waals surface area contributed by atoms with E-state index >= 15 is 0 Å². The van der Waals surface area contributed by atoms with Crippen LogP contribution in [0, 0.1) is 5.82 Å². The van der Waals surface area contributed by atoms with E-state index in [0.717, 1.165) is 6.07 Å². The van der Waals surface area contributed by atoms with Gasteiger partial charge in [0, 0.05) is 32.7 Å². The highest BCUT2D eigenvalue weighted by molar-refractivity contribution is 7.89. The number of nitrogens with one attached hydrogen (secondary N) is 2. The van der Waals surface area contributed by atoms with E-state index in [1.54, 1.807) is 13.8 Å². The van der Waals surface area contributed by atoms with E-state index in [0.29, 0.717) is 19.6 Å². The highest BCUT2D eigenvalue weighted by Gasteiger charge is 2.29. The molecule has 1 fully saturated rings. The molecule has 2 N–H and O–H groups in total. The summed E-state index contributed by atoms with van der Waals surface area (Å²) in [5.41, 5.74) is 0. The predicted octanol–water partition coefficient (Wildman–Crippen LogP) is -0.227. The Hall–Kier alpha value is -2.04. The fourth-order valence-electron chi connectivity index (χ4n) is 2.79. The van der Waals surface area contributed by atoms with Gasteiger partial charge in [0.1, 0.15) is 11.9 Å². The molecule has 1 heterocycles. The number of amides is 2. The number of benzene rings is 1. The van der Waals surface area contributed by atoms with Gasteiger partial charge >= 0.3 is 0 Å². The summed E-state index contributed by atoms with van der Waals surface area (Å²) < 4.78 is 39.7. The second kappa shape index (κ2) is 9.25. The predicted molar refractivity (Wildman–Crippen MR) is 97.9 cm³/mol. The normalized spacial score (nSPS) is 17.3. The number of rotatable bonds is 7. The lowest BCUT2D eigenvalue weighted by Crippen LogP contribution is -2.53. The minimum Gasteiger partial charge on any atom is -0.355 e. The summed E-state index contributed by atoms with van der Waals surface area (Å²) in [7, 11) is -3.76. The van der Waals surface area contributed by atoms with E-state index < -0.39 is 21.9 Å². The fraction of sp³-hybridized carbons (Fsp3) is 0.529. The molecule has 0 aromatic heterocycles. The molecule has 1 aliphatic rings. The summed E-state index contributed by atoms with van der Waals surface area (Å²) in [6.45, 7) is 5.12. The number of piperazine rings is 1. The third kappa shape index (κ3) is 5.72. The van der Waals surface area contributed by atoms with Crippen molar-refractivity contribution in [3.63, 3.8) is 0 Å². The first kappa shape index (κ1) is 21.3. The van der Waals surface area contributed by atoms with E-state index in [-0.39, 0.29) is 36.3 Å². The van der Waals surface area contributed by atoms with Crippen LogP contribution in [0.1, 0.15) is 13.8 Å². The summed E-state index contributed by atoms with van der Waals surface area (Å²) in [5.74, 6) is -1.15. The van der Waals surface area contributed by atoms with E-state index in [2.05, 4.69) is 10.6 Å². The van der Waals surface area contributed by atoms with Gasteiger partial charge in [-0.1, -0.05) is 6.07 Å². The highest BCUT2D eigenvalue weighted by Crippen LogP contribution is 2.18. The second-order valence-electron chi connectivity index (χ2n) is 6.32. The number of hydrogen-bond donors (Lipinski definition) is 2. The number of carbonyl (C=O) groups excluding carboxylic acids is 2. The van der Waals surface area contributed by atoms with E-state index in [1.807, 2.05) is 4.90 Å². The first-order valence-corrected chi connectivity index (χ1v) is 10.2. The molecule has 10 heteroatoms.